The van der Waals surface area contributed by atoms with E-state index in [0.29, 0.717) is 0 Å². The summed E-state index contributed by atoms with van der Waals surface area (Å²) in [4.78, 5) is 0. The van der Waals surface area contributed by atoms with Gasteiger partial charge in [0.25, 0.3) is 0 Å². The zero-order valence-corrected chi connectivity index (χ0v) is 10.6. The van der Waals surface area contributed by atoms with Gasteiger partial charge in [-0.1, -0.05) is 24.3 Å². The van der Waals surface area contributed by atoms with Gasteiger partial charge in [0.1, 0.15) is 0 Å². The van der Waals surface area contributed by atoms with Crippen LogP contribution in [0.25, 0.3) is 0 Å². The van der Waals surface area contributed by atoms with Crippen molar-refractivity contribution in [2.24, 2.45) is 0 Å². The Balaban J connectivity index is 1.80. The highest BCUT2D eigenvalue weighted by Gasteiger charge is 1.98. The SMILES string of the molecule is CCn1cc(CNCc2ccc(CO)cc2)cn1. The first kappa shape index (κ1) is 12.8. The van der Waals surface area contributed by atoms with Gasteiger partial charge < -0.3 is 10.4 Å². The number of benzene rings is 1. The predicted molar refractivity (Wildman–Crippen MR) is 70.8 cm³/mol. The number of hydrogen-bond donors (Lipinski definition) is 2. The van der Waals surface area contributed by atoms with Crippen molar-refractivity contribution >= 4 is 0 Å². The van der Waals surface area contributed by atoms with Gasteiger partial charge in [-0.3, -0.25) is 4.68 Å². The van der Waals surface area contributed by atoms with E-state index in [1.165, 1.54) is 11.1 Å². The molecule has 0 saturated carbocycles. The number of nitrogens with one attached hydrogen (secondary N) is 1. The van der Waals surface area contributed by atoms with Gasteiger partial charge in [-0.05, 0) is 18.1 Å². The van der Waals surface area contributed by atoms with Crippen molar-refractivity contribution in [1.29, 1.82) is 0 Å². The minimum atomic E-state index is 0.101. The van der Waals surface area contributed by atoms with E-state index in [4.69, 9.17) is 5.11 Å². The Morgan fingerprint density at radius 2 is 1.78 bits per heavy atom. The Kier molecular flexibility index (Phi) is 4.50. The summed E-state index contributed by atoms with van der Waals surface area (Å²) in [6.07, 6.45) is 3.95. The molecule has 2 N–H and O–H groups in total. The van der Waals surface area contributed by atoms with Crippen molar-refractivity contribution in [2.45, 2.75) is 33.2 Å². The lowest BCUT2D eigenvalue weighted by molar-refractivity contribution is 0.282. The highest BCUT2D eigenvalue weighted by atomic mass is 16.3. The lowest BCUT2D eigenvalue weighted by Gasteiger charge is -2.04. The molecule has 0 aliphatic heterocycles. The van der Waals surface area contributed by atoms with Gasteiger partial charge in [-0.25, -0.2) is 0 Å². The van der Waals surface area contributed by atoms with Crippen molar-refractivity contribution < 1.29 is 5.11 Å². The van der Waals surface area contributed by atoms with Crippen LogP contribution in [0.4, 0.5) is 0 Å². The maximum absolute atomic E-state index is 8.95. The summed E-state index contributed by atoms with van der Waals surface area (Å²) < 4.78 is 1.92. The van der Waals surface area contributed by atoms with Crippen LogP contribution >= 0.6 is 0 Å². The molecule has 2 rings (SSSR count). The standard InChI is InChI=1S/C14H19N3O/c1-2-17-10-14(9-16-17)8-15-7-12-3-5-13(11-18)6-4-12/h3-6,9-10,15,18H,2,7-8,11H2,1H3. The van der Waals surface area contributed by atoms with E-state index in [9.17, 15) is 0 Å². The molecule has 1 aromatic heterocycles. The van der Waals surface area contributed by atoms with Gasteiger partial charge in [0.05, 0.1) is 12.8 Å². The number of aromatic nitrogens is 2. The van der Waals surface area contributed by atoms with Crippen molar-refractivity contribution in [3.8, 4) is 0 Å². The molecule has 0 amide bonds. The Bertz CT molecular complexity index is 476. The molecule has 2 aromatic rings. The lowest BCUT2D eigenvalue weighted by Crippen LogP contribution is -2.12. The molecule has 1 heterocycles. The molecule has 0 atom stereocenters. The first-order chi connectivity index (χ1) is 8.81. The smallest absolute Gasteiger partial charge is 0.0681 e. The van der Waals surface area contributed by atoms with E-state index in [1.54, 1.807) is 0 Å². The fraction of sp³-hybridized carbons (Fsp3) is 0.357. The largest absolute Gasteiger partial charge is 0.392 e. The molecule has 1 aromatic carbocycles. The molecular weight excluding hydrogens is 226 g/mol. The minimum Gasteiger partial charge on any atom is -0.392 e. The normalized spacial score (nSPS) is 10.8. The van der Waals surface area contributed by atoms with Crippen molar-refractivity contribution in [3.63, 3.8) is 0 Å². The molecule has 4 heteroatoms. The molecule has 4 nitrogen and oxygen atoms in total. The van der Waals surface area contributed by atoms with Crippen molar-refractivity contribution in [3.05, 3.63) is 53.3 Å². The Morgan fingerprint density at radius 1 is 1.11 bits per heavy atom. The molecule has 0 unspecified atom stereocenters. The summed E-state index contributed by atoms with van der Waals surface area (Å²) in [5.74, 6) is 0. The summed E-state index contributed by atoms with van der Waals surface area (Å²) in [5, 5.41) is 16.6. The van der Waals surface area contributed by atoms with Crippen LogP contribution in [0.5, 0.6) is 0 Å². The summed E-state index contributed by atoms with van der Waals surface area (Å²) in [5.41, 5.74) is 3.36. The van der Waals surface area contributed by atoms with Crippen LogP contribution in [-0.2, 0) is 26.2 Å². The molecule has 0 radical (unpaired) electrons. The lowest BCUT2D eigenvalue weighted by atomic mass is 10.1. The highest BCUT2D eigenvalue weighted by molar-refractivity contribution is 5.21. The van der Waals surface area contributed by atoms with Gasteiger partial charge in [-0.15, -0.1) is 0 Å². The van der Waals surface area contributed by atoms with Gasteiger partial charge >= 0.3 is 0 Å². The zero-order chi connectivity index (χ0) is 12.8. The van der Waals surface area contributed by atoms with Gasteiger partial charge in [-0.2, -0.15) is 5.10 Å². The first-order valence-electron chi connectivity index (χ1n) is 6.22. The van der Waals surface area contributed by atoms with Crippen LogP contribution in [0.1, 0.15) is 23.6 Å². The molecule has 0 saturated heterocycles. The van der Waals surface area contributed by atoms with E-state index >= 15 is 0 Å². The van der Waals surface area contributed by atoms with Gasteiger partial charge in [0.15, 0.2) is 0 Å². The molecule has 0 bridgehead atoms. The van der Waals surface area contributed by atoms with E-state index in [2.05, 4.69) is 23.5 Å². The van der Waals surface area contributed by atoms with Crippen LogP contribution in [-0.4, -0.2) is 14.9 Å². The maximum Gasteiger partial charge on any atom is 0.0681 e. The van der Waals surface area contributed by atoms with E-state index < -0.39 is 0 Å². The molecule has 0 spiro atoms. The second kappa shape index (κ2) is 6.33. The Labute approximate surface area is 107 Å². The number of nitrogens with zero attached hydrogens (tertiary/aromatic N) is 2. The third-order valence-corrected chi connectivity index (χ3v) is 2.87. The monoisotopic (exact) mass is 245 g/mol. The average Bonchev–Trinajstić information content (AvgIpc) is 2.87. The number of aliphatic hydroxyl groups is 1. The molecule has 0 aliphatic carbocycles. The van der Waals surface area contributed by atoms with Crippen molar-refractivity contribution in [1.82, 2.24) is 15.1 Å². The Morgan fingerprint density at radius 3 is 2.39 bits per heavy atom. The van der Waals surface area contributed by atoms with E-state index in [1.807, 2.05) is 35.1 Å². The van der Waals surface area contributed by atoms with Crippen LogP contribution in [0, 0.1) is 0 Å². The number of rotatable bonds is 6. The zero-order valence-electron chi connectivity index (χ0n) is 10.6. The summed E-state index contributed by atoms with van der Waals surface area (Å²) in [6, 6.07) is 7.97. The molecule has 96 valence electrons. The summed E-state index contributed by atoms with van der Waals surface area (Å²) >= 11 is 0. The third-order valence-electron chi connectivity index (χ3n) is 2.87. The summed E-state index contributed by atoms with van der Waals surface area (Å²) in [7, 11) is 0. The maximum atomic E-state index is 8.95. The number of aryl methyl sites for hydroxylation is 1. The quantitative estimate of drug-likeness (QED) is 0.814. The summed E-state index contributed by atoms with van der Waals surface area (Å²) in [6.45, 7) is 4.73. The molecule has 0 fully saturated rings. The van der Waals surface area contributed by atoms with Gasteiger partial charge in [0.2, 0.25) is 0 Å². The second-order valence-electron chi connectivity index (χ2n) is 4.28. The average molecular weight is 245 g/mol. The molecule has 18 heavy (non-hydrogen) atoms. The number of hydrogen-bond acceptors (Lipinski definition) is 3. The van der Waals surface area contributed by atoms with Crippen LogP contribution in [0.2, 0.25) is 0 Å². The van der Waals surface area contributed by atoms with E-state index in [-0.39, 0.29) is 6.61 Å². The van der Waals surface area contributed by atoms with Crippen LogP contribution in [0.15, 0.2) is 36.7 Å². The molecular formula is C14H19N3O. The Hall–Kier alpha value is -1.65. The topological polar surface area (TPSA) is 50.1 Å². The number of aliphatic hydroxyl groups excluding tert-OH is 1. The fourth-order valence-corrected chi connectivity index (χ4v) is 1.78. The van der Waals surface area contributed by atoms with Crippen LogP contribution < -0.4 is 5.32 Å². The predicted octanol–water partition coefficient (Wildman–Crippen LogP) is 1.69. The van der Waals surface area contributed by atoms with Gasteiger partial charge in [0, 0.05) is 31.4 Å². The van der Waals surface area contributed by atoms with E-state index in [0.717, 1.165) is 25.2 Å². The van der Waals surface area contributed by atoms with Crippen molar-refractivity contribution in [2.75, 3.05) is 0 Å². The first-order valence-corrected chi connectivity index (χ1v) is 6.22. The highest BCUT2D eigenvalue weighted by Crippen LogP contribution is 2.04. The fourth-order valence-electron chi connectivity index (χ4n) is 1.78. The third kappa shape index (κ3) is 3.42. The second-order valence-corrected chi connectivity index (χ2v) is 4.28. The minimum absolute atomic E-state index is 0.101. The van der Waals surface area contributed by atoms with Crippen LogP contribution in [0.3, 0.4) is 0 Å². The molecule has 0 aliphatic rings.